The zero-order valence-corrected chi connectivity index (χ0v) is 12.2. The van der Waals surface area contributed by atoms with Gasteiger partial charge in [0, 0.05) is 24.0 Å². The Balaban J connectivity index is 1.41. The van der Waals surface area contributed by atoms with Gasteiger partial charge in [-0.2, -0.15) is 0 Å². The summed E-state index contributed by atoms with van der Waals surface area (Å²) in [5, 5.41) is 5.50. The Morgan fingerprint density at radius 2 is 2.15 bits per heavy atom. The van der Waals surface area contributed by atoms with Gasteiger partial charge in [-0.3, -0.25) is 0 Å². The molecule has 1 aromatic heterocycles. The minimum absolute atomic E-state index is 0.292. The summed E-state index contributed by atoms with van der Waals surface area (Å²) in [4.78, 5) is 1.38. The maximum atomic E-state index is 5.69. The van der Waals surface area contributed by atoms with Crippen LogP contribution in [0, 0.1) is 6.92 Å². The molecule has 1 N–H and O–H groups in total. The number of rotatable bonds is 6. The van der Waals surface area contributed by atoms with Crippen LogP contribution in [0.5, 0.6) is 17.2 Å². The van der Waals surface area contributed by atoms with Crippen LogP contribution in [0.4, 0.5) is 0 Å². The monoisotopic (exact) mass is 291 g/mol. The molecule has 2 aromatic rings. The first-order valence-corrected chi connectivity index (χ1v) is 7.47. The number of aryl methyl sites for hydroxylation is 1. The van der Waals surface area contributed by atoms with Crippen molar-refractivity contribution in [2.75, 3.05) is 19.9 Å². The number of thiophene rings is 1. The molecule has 5 heteroatoms. The number of fused-ring (bicyclic) bond motifs is 1. The third-order valence-electron chi connectivity index (χ3n) is 3.15. The highest BCUT2D eigenvalue weighted by Gasteiger charge is 2.13. The summed E-state index contributed by atoms with van der Waals surface area (Å²) in [5.74, 6) is 2.34. The lowest BCUT2D eigenvalue weighted by atomic mass is 10.3. The van der Waals surface area contributed by atoms with Gasteiger partial charge in [-0.25, -0.2) is 0 Å². The summed E-state index contributed by atoms with van der Waals surface area (Å²) >= 11 is 1.78. The van der Waals surface area contributed by atoms with Gasteiger partial charge in [-0.1, -0.05) is 0 Å². The normalized spacial score (nSPS) is 12.7. The molecule has 4 nitrogen and oxygen atoms in total. The predicted molar refractivity (Wildman–Crippen MR) is 78.8 cm³/mol. The third-order valence-corrected chi connectivity index (χ3v) is 4.17. The van der Waals surface area contributed by atoms with Gasteiger partial charge in [0.25, 0.3) is 0 Å². The van der Waals surface area contributed by atoms with Gasteiger partial charge < -0.3 is 19.5 Å². The van der Waals surface area contributed by atoms with Crippen molar-refractivity contribution in [3.8, 4) is 17.2 Å². The van der Waals surface area contributed by atoms with Crippen LogP contribution < -0.4 is 19.5 Å². The van der Waals surface area contributed by atoms with E-state index in [1.54, 1.807) is 11.3 Å². The minimum Gasteiger partial charge on any atom is -0.492 e. The molecule has 1 aliphatic rings. The van der Waals surface area contributed by atoms with Crippen molar-refractivity contribution >= 4 is 11.3 Å². The number of nitrogens with one attached hydrogen (secondary N) is 1. The molecule has 0 atom stereocenters. The summed E-state index contributed by atoms with van der Waals surface area (Å²) in [6.07, 6.45) is 0. The average molecular weight is 291 g/mol. The van der Waals surface area contributed by atoms with Gasteiger partial charge in [0.05, 0.1) is 0 Å². The fraction of sp³-hybridized carbons (Fsp3) is 0.333. The first-order valence-electron chi connectivity index (χ1n) is 6.59. The third kappa shape index (κ3) is 3.05. The molecule has 0 unspecified atom stereocenters. The zero-order valence-electron chi connectivity index (χ0n) is 11.3. The molecule has 0 saturated heterocycles. The van der Waals surface area contributed by atoms with E-state index in [9.17, 15) is 0 Å². The Hall–Kier alpha value is -1.72. The lowest BCUT2D eigenvalue weighted by Gasteiger charge is -2.08. The zero-order chi connectivity index (χ0) is 13.8. The van der Waals surface area contributed by atoms with Gasteiger partial charge in [0.1, 0.15) is 12.4 Å². The highest BCUT2D eigenvalue weighted by Crippen LogP contribution is 2.34. The molecule has 0 radical (unpaired) electrons. The molecular formula is C15H17NO3S. The van der Waals surface area contributed by atoms with Crippen molar-refractivity contribution in [1.29, 1.82) is 0 Å². The van der Waals surface area contributed by atoms with Crippen molar-refractivity contribution in [2.45, 2.75) is 13.5 Å². The molecule has 0 saturated carbocycles. The molecule has 0 fully saturated rings. The Bertz CT molecular complexity index is 582. The van der Waals surface area contributed by atoms with E-state index >= 15 is 0 Å². The second-order valence-electron chi connectivity index (χ2n) is 4.57. The van der Waals surface area contributed by atoms with E-state index in [1.807, 2.05) is 18.2 Å². The Kier molecular flexibility index (Phi) is 4.08. The van der Waals surface area contributed by atoms with Gasteiger partial charge in [0.15, 0.2) is 11.5 Å². The highest BCUT2D eigenvalue weighted by atomic mass is 32.1. The number of benzene rings is 1. The average Bonchev–Trinajstić information content (AvgIpc) is 3.07. The summed E-state index contributed by atoms with van der Waals surface area (Å²) < 4.78 is 16.3. The molecule has 2 heterocycles. The quantitative estimate of drug-likeness (QED) is 0.831. The van der Waals surface area contributed by atoms with Gasteiger partial charge in [-0.05, 0) is 36.1 Å². The maximum absolute atomic E-state index is 5.69. The van der Waals surface area contributed by atoms with E-state index in [1.165, 1.54) is 10.4 Å². The van der Waals surface area contributed by atoms with Crippen LogP contribution >= 0.6 is 11.3 Å². The maximum Gasteiger partial charge on any atom is 0.231 e. The van der Waals surface area contributed by atoms with Crippen molar-refractivity contribution in [3.63, 3.8) is 0 Å². The predicted octanol–water partition coefficient (Wildman–Crippen LogP) is 2.95. The molecule has 1 aliphatic heterocycles. The fourth-order valence-electron chi connectivity index (χ4n) is 1.99. The van der Waals surface area contributed by atoms with Crippen LogP contribution in [0.1, 0.15) is 10.4 Å². The largest absolute Gasteiger partial charge is 0.492 e. The molecule has 0 aliphatic carbocycles. The van der Waals surface area contributed by atoms with E-state index in [2.05, 4.69) is 23.7 Å². The fourth-order valence-corrected chi connectivity index (χ4v) is 2.87. The standard InChI is InChI=1S/C15H17NO3S/c1-11-4-7-20-15(11)9-16-5-6-17-12-2-3-13-14(8-12)19-10-18-13/h2-4,7-8,16H,5-6,9-10H2,1H3. The summed E-state index contributed by atoms with van der Waals surface area (Å²) in [7, 11) is 0. The Labute approximate surface area is 122 Å². The molecule has 1 aromatic carbocycles. The summed E-state index contributed by atoms with van der Waals surface area (Å²) in [6.45, 7) is 4.76. The lowest BCUT2D eigenvalue weighted by Crippen LogP contribution is -2.20. The minimum atomic E-state index is 0.292. The van der Waals surface area contributed by atoms with Gasteiger partial charge in [0.2, 0.25) is 6.79 Å². The first-order chi connectivity index (χ1) is 9.83. The SMILES string of the molecule is Cc1ccsc1CNCCOc1ccc2c(c1)OCO2. The van der Waals surface area contributed by atoms with Crippen molar-refractivity contribution in [1.82, 2.24) is 5.32 Å². The topological polar surface area (TPSA) is 39.7 Å². The van der Waals surface area contributed by atoms with Crippen LogP contribution in [0.3, 0.4) is 0 Å². The summed E-state index contributed by atoms with van der Waals surface area (Å²) in [6, 6.07) is 7.79. The van der Waals surface area contributed by atoms with Crippen LogP contribution in [0.25, 0.3) is 0 Å². The van der Waals surface area contributed by atoms with Crippen LogP contribution in [-0.4, -0.2) is 19.9 Å². The van der Waals surface area contributed by atoms with Crippen molar-refractivity contribution in [3.05, 3.63) is 40.1 Å². The number of hydrogen-bond donors (Lipinski definition) is 1. The Morgan fingerprint density at radius 3 is 3.00 bits per heavy atom. The van der Waals surface area contributed by atoms with E-state index < -0.39 is 0 Å². The molecule has 3 rings (SSSR count). The molecule has 106 valence electrons. The van der Waals surface area contributed by atoms with Crippen LogP contribution in [-0.2, 0) is 6.54 Å². The second-order valence-corrected chi connectivity index (χ2v) is 5.57. The van der Waals surface area contributed by atoms with Crippen LogP contribution in [0.15, 0.2) is 29.6 Å². The van der Waals surface area contributed by atoms with Gasteiger partial charge in [-0.15, -0.1) is 11.3 Å². The summed E-state index contributed by atoms with van der Waals surface area (Å²) in [5.41, 5.74) is 1.35. The molecule has 0 spiro atoms. The van der Waals surface area contributed by atoms with Crippen LogP contribution in [0.2, 0.25) is 0 Å². The lowest BCUT2D eigenvalue weighted by molar-refractivity contribution is 0.173. The number of hydrogen-bond acceptors (Lipinski definition) is 5. The molecule has 20 heavy (non-hydrogen) atoms. The van der Waals surface area contributed by atoms with Gasteiger partial charge >= 0.3 is 0 Å². The van der Waals surface area contributed by atoms with E-state index in [0.717, 1.165) is 30.3 Å². The Morgan fingerprint density at radius 1 is 1.25 bits per heavy atom. The smallest absolute Gasteiger partial charge is 0.231 e. The molecular weight excluding hydrogens is 274 g/mol. The number of ether oxygens (including phenoxy) is 3. The van der Waals surface area contributed by atoms with E-state index in [0.29, 0.717) is 13.4 Å². The van der Waals surface area contributed by atoms with E-state index in [-0.39, 0.29) is 0 Å². The highest BCUT2D eigenvalue weighted by molar-refractivity contribution is 7.10. The second kappa shape index (κ2) is 6.15. The van der Waals surface area contributed by atoms with Crippen molar-refractivity contribution < 1.29 is 14.2 Å². The molecule has 0 amide bonds. The van der Waals surface area contributed by atoms with E-state index in [4.69, 9.17) is 14.2 Å². The first kappa shape index (κ1) is 13.3. The molecule has 0 bridgehead atoms. The van der Waals surface area contributed by atoms with Crippen molar-refractivity contribution in [2.24, 2.45) is 0 Å².